The van der Waals surface area contributed by atoms with Crippen molar-refractivity contribution in [1.29, 1.82) is 0 Å². The highest BCUT2D eigenvalue weighted by Crippen LogP contribution is 2.32. The van der Waals surface area contributed by atoms with Crippen molar-refractivity contribution in [1.82, 2.24) is 15.1 Å². The Kier molecular flexibility index (Phi) is 5.65. The summed E-state index contributed by atoms with van der Waals surface area (Å²) in [7, 11) is 0. The summed E-state index contributed by atoms with van der Waals surface area (Å²) in [6, 6.07) is 13.2. The zero-order chi connectivity index (χ0) is 21.3. The molecule has 1 saturated carbocycles. The minimum atomic E-state index is -0.677. The number of nitrogens with one attached hydrogen (secondary N) is 1. The highest BCUT2D eigenvalue weighted by molar-refractivity contribution is 6.30. The van der Waals surface area contributed by atoms with Gasteiger partial charge in [0.25, 0.3) is 11.5 Å². The molecule has 8 heteroatoms. The van der Waals surface area contributed by atoms with Gasteiger partial charge in [0.05, 0.1) is 24.0 Å². The van der Waals surface area contributed by atoms with E-state index >= 15 is 0 Å². The maximum atomic E-state index is 13.8. The lowest BCUT2D eigenvalue weighted by atomic mass is 10.1. The van der Waals surface area contributed by atoms with Crippen LogP contribution in [0.5, 0.6) is 0 Å². The van der Waals surface area contributed by atoms with E-state index in [0.717, 1.165) is 17.5 Å². The molecule has 0 aliphatic heterocycles. The number of carbonyl (C=O) groups excluding carboxylic acids is 1. The molecule has 2 aromatic carbocycles. The molecule has 1 fully saturated rings. The molecule has 0 radical (unpaired) electrons. The summed E-state index contributed by atoms with van der Waals surface area (Å²) in [4.78, 5) is 25.9. The molecule has 3 aromatic rings. The lowest BCUT2D eigenvalue weighted by molar-refractivity contribution is 0.0906. The average Bonchev–Trinajstić information content (AvgIpc) is 3.58. The van der Waals surface area contributed by atoms with Crippen LogP contribution in [0.15, 0.2) is 59.4 Å². The predicted molar refractivity (Wildman–Crippen MR) is 111 cm³/mol. The fourth-order valence-corrected chi connectivity index (χ4v) is 3.39. The Morgan fingerprint density at radius 1 is 1.23 bits per heavy atom. The van der Waals surface area contributed by atoms with Crippen LogP contribution in [0.25, 0.3) is 16.9 Å². The third-order valence-electron chi connectivity index (χ3n) is 5.05. The Morgan fingerprint density at radius 2 is 1.97 bits per heavy atom. The number of hydrogen-bond donors (Lipinski definition) is 2. The molecule has 6 nitrogen and oxygen atoms in total. The van der Waals surface area contributed by atoms with E-state index in [1.165, 1.54) is 30.3 Å². The first-order chi connectivity index (χ1) is 14.5. The van der Waals surface area contributed by atoms with Gasteiger partial charge in [0.2, 0.25) is 0 Å². The first kappa shape index (κ1) is 20.3. The van der Waals surface area contributed by atoms with Crippen LogP contribution in [0, 0.1) is 11.7 Å². The van der Waals surface area contributed by atoms with Gasteiger partial charge in [-0.05, 0) is 55.2 Å². The van der Waals surface area contributed by atoms with Crippen LogP contribution in [0.3, 0.4) is 0 Å². The van der Waals surface area contributed by atoms with Crippen LogP contribution < -0.4 is 10.9 Å². The van der Waals surface area contributed by atoms with Crippen LogP contribution in [0.4, 0.5) is 4.39 Å². The summed E-state index contributed by atoms with van der Waals surface area (Å²) in [6.07, 6.45) is 1.84. The van der Waals surface area contributed by atoms with E-state index in [1.54, 1.807) is 24.3 Å². The number of hydrogen-bond acceptors (Lipinski definition) is 4. The number of amides is 1. The molecular weight excluding hydrogens is 409 g/mol. The summed E-state index contributed by atoms with van der Waals surface area (Å²) in [5.74, 6) is -0.922. The smallest absolute Gasteiger partial charge is 0.284 e. The molecule has 1 aromatic heterocycles. The van der Waals surface area contributed by atoms with E-state index < -0.39 is 23.3 Å². The van der Waals surface area contributed by atoms with Crippen LogP contribution in [-0.2, 0) is 0 Å². The van der Waals surface area contributed by atoms with Crippen molar-refractivity contribution in [2.75, 3.05) is 6.61 Å². The van der Waals surface area contributed by atoms with Crippen LogP contribution >= 0.6 is 11.6 Å². The Hall–Kier alpha value is -3.03. The first-order valence-corrected chi connectivity index (χ1v) is 9.92. The molecule has 1 atom stereocenters. The highest BCUT2D eigenvalue weighted by Gasteiger charge is 2.32. The van der Waals surface area contributed by atoms with Gasteiger partial charge in [-0.1, -0.05) is 29.8 Å². The molecule has 4 rings (SSSR count). The quantitative estimate of drug-likeness (QED) is 0.632. The highest BCUT2D eigenvalue weighted by atomic mass is 35.5. The minimum Gasteiger partial charge on any atom is -0.394 e. The molecule has 1 amide bonds. The second-order valence-electron chi connectivity index (χ2n) is 7.25. The van der Waals surface area contributed by atoms with Gasteiger partial charge >= 0.3 is 0 Å². The van der Waals surface area contributed by atoms with Gasteiger partial charge in [-0.25, -0.2) is 4.39 Å². The van der Waals surface area contributed by atoms with Gasteiger partial charge in [-0.3, -0.25) is 9.59 Å². The van der Waals surface area contributed by atoms with E-state index in [4.69, 9.17) is 11.6 Å². The number of aliphatic hydroxyl groups excluding tert-OH is 1. The van der Waals surface area contributed by atoms with Gasteiger partial charge in [0.15, 0.2) is 0 Å². The Bertz CT molecular complexity index is 1140. The number of carbonyl (C=O) groups is 1. The molecule has 1 heterocycles. The van der Waals surface area contributed by atoms with Crippen LogP contribution in [-0.4, -0.2) is 33.4 Å². The van der Waals surface area contributed by atoms with Crippen molar-refractivity contribution in [3.05, 3.63) is 81.4 Å². The Balaban J connectivity index is 1.82. The van der Waals surface area contributed by atoms with E-state index in [1.807, 2.05) is 0 Å². The molecule has 0 saturated heterocycles. The Labute approximate surface area is 176 Å². The number of aromatic nitrogens is 2. The van der Waals surface area contributed by atoms with Crippen LogP contribution in [0.1, 0.15) is 23.2 Å². The number of aliphatic hydroxyl groups is 1. The SMILES string of the molecule is O=C(N[C@@H](CO)C1CC1)c1cc(-c2ccc(Cl)cc2)nn(-c2cccc(F)c2)c1=O. The summed E-state index contributed by atoms with van der Waals surface area (Å²) in [5.41, 5.74) is 0.375. The van der Waals surface area contributed by atoms with Crippen molar-refractivity contribution < 1.29 is 14.3 Å². The van der Waals surface area contributed by atoms with E-state index in [0.29, 0.717) is 16.3 Å². The zero-order valence-electron chi connectivity index (χ0n) is 15.9. The standard InChI is InChI=1S/C22H19ClFN3O3/c23-15-8-6-13(7-9-15)19-11-18(21(29)25-20(12-28)14-4-5-14)22(30)27(26-19)17-3-1-2-16(24)10-17/h1-3,6-11,14,20,28H,4-5,12H2,(H,25,29)/t20-/m0/s1. The van der Waals surface area contributed by atoms with Gasteiger partial charge in [0, 0.05) is 10.6 Å². The van der Waals surface area contributed by atoms with Crippen LogP contribution in [0.2, 0.25) is 5.02 Å². The fraction of sp³-hybridized carbons (Fsp3) is 0.227. The molecule has 2 N–H and O–H groups in total. The van der Waals surface area contributed by atoms with Crippen molar-refractivity contribution in [3.8, 4) is 16.9 Å². The topological polar surface area (TPSA) is 84.2 Å². The molecule has 154 valence electrons. The lowest BCUT2D eigenvalue weighted by Gasteiger charge is -2.16. The number of halogens is 2. The average molecular weight is 428 g/mol. The van der Waals surface area contributed by atoms with Gasteiger partial charge in [0.1, 0.15) is 11.4 Å². The molecular formula is C22H19ClFN3O3. The Morgan fingerprint density at radius 3 is 2.60 bits per heavy atom. The fourth-order valence-electron chi connectivity index (χ4n) is 3.26. The zero-order valence-corrected chi connectivity index (χ0v) is 16.6. The summed E-state index contributed by atoms with van der Waals surface area (Å²) in [6.45, 7) is -0.205. The van der Waals surface area contributed by atoms with E-state index in [2.05, 4.69) is 10.4 Å². The second kappa shape index (κ2) is 8.38. The molecule has 1 aliphatic carbocycles. The summed E-state index contributed by atoms with van der Waals surface area (Å²) < 4.78 is 14.8. The van der Waals surface area contributed by atoms with Gasteiger partial charge < -0.3 is 10.4 Å². The number of rotatable bonds is 6. The number of benzene rings is 2. The van der Waals surface area contributed by atoms with Crippen molar-refractivity contribution in [3.63, 3.8) is 0 Å². The summed E-state index contributed by atoms with van der Waals surface area (Å²) >= 11 is 5.95. The maximum absolute atomic E-state index is 13.8. The number of nitrogens with zero attached hydrogens (tertiary/aromatic N) is 2. The second-order valence-corrected chi connectivity index (χ2v) is 7.68. The predicted octanol–water partition coefficient (Wildman–Crippen LogP) is 3.19. The van der Waals surface area contributed by atoms with Gasteiger partial charge in [-0.2, -0.15) is 9.78 Å². The third-order valence-corrected chi connectivity index (χ3v) is 5.31. The van der Waals surface area contributed by atoms with Gasteiger partial charge in [-0.15, -0.1) is 0 Å². The molecule has 1 aliphatic rings. The molecule has 30 heavy (non-hydrogen) atoms. The maximum Gasteiger partial charge on any atom is 0.284 e. The van der Waals surface area contributed by atoms with Crippen molar-refractivity contribution in [2.24, 2.45) is 5.92 Å². The van der Waals surface area contributed by atoms with Crippen molar-refractivity contribution in [2.45, 2.75) is 18.9 Å². The third kappa shape index (κ3) is 4.27. The minimum absolute atomic E-state index is 0.140. The molecule has 0 spiro atoms. The first-order valence-electron chi connectivity index (χ1n) is 9.54. The van der Waals surface area contributed by atoms with Crippen molar-refractivity contribution >= 4 is 17.5 Å². The molecule has 0 bridgehead atoms. The molecule has 0 unspecified atom stereocenters. The normalized spacial score (nSPS) is 14.4. The monoisotopic (exact) mass is 427 g/mol. The summed E-state index contributed by atoms with van der Waals surface area (Å²) in [5, 5.41) is 17.2. The lowest BCUT2D eigenvalue weighted by Crippen LogP contribution is -2.42. The van der Waals surface area contributed by atoms with E-state index in [-0.39, 0.29) is 23.8 Å². The van der Waals surface area contributed by atoms with E-state index in [9.17, 15) is 19.1 Å². The largest absolute Gasteiger partial charge is 0.394 e.